The fraction of sp³-hybridized carbons (Fsp3) is 0.770. The van der Waals surface area contributed by atoms with E-state index in [1.54, 1.807) is 14.1 Å². The number of nitrogens with zero attached hydrogens (tertiary/aromatic N) is 1. The monoisotopic (exact) mass is 992 g/mol. The second kappa shape index (κ2) is 40.2. The van der Waals surface area contributed by atoms with Crippen LogP contribution in [-0.2, 0) is 36.9 Å². The molecule has 0 saturated carbocycles. The van der Waals surface area contributed by atoms with Crippen molar-refractivity contribution < 1.29 is 33.3 Å². The molecule has 1 aliphatic rings. The Labute approximate surface area is 434 Å². The highest BCUT2D eigenvalue weighted by Crippen LogP contribution is 2.36. The van der Waals surface area contributed by atoms with Crippen molar-refractivity contribution >= 4 is 12.1 Å². The lowest BCUT2D eigenvalue weighted by atomic mass is 9.79. The van der Waals surface area contributed by atoms with E-state index in [4.69, 9.17) is 23.7 Å². The maximum atomic E-state index is 14.0. The molecule has 0 spiro atoms. The van der Waals surface area contributed by atoms with Gasteiger partial charge < -0.3 is 39.2 Å². The maximum Gasteiger partial charge on any atom is 0.409 e. The first-order valence-electron chi connectivity index (χ1n) is 29.1. The zero-order chi connectivity index (χ0) is 51.2. The quantitative estimate of drug-likeness (QED) is 0.0638. The molecule has 10 nitrogen and oxygen atoms in total. The van der Waals surface area contributed by atoms with Crippen molar-refractivity contribution in [1.29, 1.82) is 0 Å². The summed E-state index contributed by atoms with van der Waals surface area (Å²) in [6.45, 7) is 12.7. The molecular weight excluding hydrogens is 887 g/mol. The molecule has 406 valence electrons. The molecule has 0 radical (unpaired) electrons. The van der Waals surface area contributed by atoms with E-state index in [0.717, 1.165) is 43.2 Å². The molecule has 2 aromatic carbocycles. The Hall–Kier alpha value is -3.18. The van der Waals surface area contributed by atoms with E-state index >= 15 is 0 Å². The zero-order valence-corrected chi connectivity index (χ0v) is 46.3. The van der Waals surface area contributed by atoms with E-state index < -0.39 is 24.5 Å². The van der Waals surface area contributed by atoms with Crippen LogP contribution in [0.4, 0.5) is 9.59 Å². The van der Waals surface area contributed by atoms with E-state index in [0.29, 0.717) is 19.8 Å². The van der Waals surface area contributed by atoms with Crippen molar-refractivity contribution in [2.75, 3.05) is 33.9 Å². The zero-order valence-electron chi connectivity index (χ0n) is 46.3. The van der Waals surface area contributed by atoms with Crippen molar-refractivity contribution in [1.82, 2.24) is 15.5 Å². The minimum Gasteiger partial charge on any atom is -0.447 e. The van der Waals surface area contributed by atoms with Gasteiger partial charge in [-0.05, 0) is 35.8 Å². The van der Waals surface area contributed by atoms with Gasteiger partial charge in [0.15, 0.2) is 6.29 Å². The van der Waals surface area contributed by atoms with E-state index in [-0.39, 0.29) is 49.2 Å². The van der Waals surface area contributed by atoms with Crippen molar-refractivity contribution in [2.24, 2.45) is 17.8 Å². The maximum absolute atomic E-state index is 14.0. The van der Waals surface area contributed by atoms with Crippen LogP contribution in [0.1, 0.15) is 219 Å². The van der Waals surface area contributed by atoms with Crippen LogP contribution in [0.15, 0.2) is 60.7 Å². The lowest BCUT2D eigenvalue weighted by Gasteiger charge is -2.44. The average Bonchev–Trinajstić information content (AvgIpc) is 3.38. The smallest absolute Gasteiger partial charge is 0.409 e. The Kier molecular flexibility index (Phi) is 35.2. The van der Waals surface area contributed by atoms with Gasteiger partial charge in [0.2, 0.25) is 0 Å². The summed E-state index contributed by atoms with van der Waals surface area (Å²) in [5, 5.41) is 6.55. The topological polar surface area (TPSA) is 108 Å². The first kappa shape index (κ1) is 62.1. The summed E-state index contributed by atoms with van der Waals surface area (Å²) in [5.74, 6) is 0.424. The third-order valence-corrected chi connectivity index (χ3v) is 15.0. The molecule has 1 aliphatic heterocycles. The summed E-state index contributed by atoms with van der Waals surface area (Å²) in [5.41, 5.74) is 2.14. The fourth-order valence-corrected chi connectivity index (χ4v) is 9.86. The van der Waals surface area contributed by atoms with Crippen molar-refractivity contribution in [3.8, 4) is 0 Å². The second-order valence-corrected chi connectivity index (χ2v) is 21.3. The summed E-state index contributed by atoms with van der Waals surface area (Å²) >= 11 is 0. The lowest BCUT2D eigenvalue weighted by molar-refractivity contribution is -0.258. The Morgan fingerprint density at radius 2 is 1.03 bits per heavy atom. The number of carbonyl (C=O) groups is 2. The summed E-state index contributed by atoms with van der Waals surface area (Å²) in [6, 6.07) is 19.7. The first-order chi connectivity index (χ1) is 34.6. The molecule has 1 heterocycles. The van der Waals surface area contributed by atoms with Gasteiger partial charge in [0, 0.05) is 26.6 Å². The van der Waals surface area contributed by atoms with Crippen LogP contribution < -0.4 is 10.6 Å². The van der Waals surface area contributed by atoms with E-state index in [1.165, 1.54) is 146 Å². The standard InChI is InChI=1S/C61H105N3O7/c1-8-10-12-14-16-18-20-22-23-25-27-29-31-39-45-62-60(65)63-55(48-69-59-52(5)50(3)51(4)57(71-59)49-70-61(66)64(6)7)58(68-47-54-42-36-33-37-43-54)56(67-46-53-40-34-32-35-41-53)44-38-30-28-26-24-21-19-17-15-13-11-9-2/h32-37,40-43,50-52,55-59H,8-31,38-39,44-49H2,1-7H3,(H2,62,63,65)/t50-,51+,52?,55-,56+,57?,58-,59-/m0/s1. The molecule has 3 amide bonds. The lowest BCUT2D eigenvalue weighted by Crippen LogP contribution is -2.56. The molecule has 2 aromatic rings. The van der Waals surface area contributed by atoms with Crippen LogP contribution >= 0.6 is 0 Å². The predicted octanol–water partition coefficient (Wildman–Crippen LogP) is 15.7. The summed E-state index contributed by atoms with van der Waals surface area (Å²) in [7, 11) is 3.36. The van der Waals surface area contributed by atoms with Crippen molar-refractivity contribution in [3.63, 3.8) is 0 Å². The number of amides is 3. The molecular formula is C61H105N3O7. The SMILES string of the molecule is CCCCCCCCCCCCCCCCNC(=O)N[C@@H](CO[C@H]1OC(COC(=O)N(C)C)[C@H](C)[C@H](C)C1C)[C@H](OCc1ccccc1)[C@@H](CCCCCCCCCCCCCC)OCc1ccccc1. The molecule has 2 N–H and O–H groups in total. The third-order valence-electron chi connectivity index (χ3n) is 15.0. The molecule has 1 saturated heterocycles. The van der Waals surface area contributed by atoms with Crippen LogP contribution in [0.25, 0.3) is 0 Å². The van der Waals surface area contributed by atoms with Crippen LogP contribution in [0.2, 0.25) is 0 Å². The van der Waals surface area contributed by atoms with E-state index in [9.17, 15) is 9.59 Å². The Balaban J connectivity index is 1.74. The van der Waals surface area contributed by atoms with Crippen molar-refractivity contribution in [3.05, 3.63) is 71.8 Å². The van der Waals surface area contributed by atoms with E-state index in [2.05, 4.69) is 69.5 Å². The highest BCUT2D eigenvalue weighted by atomic mass is 16.7. The van der Waals surface area contributed by atoms with Crippen LogP contribution in [0.3, 0.4) is 0 Å². The number of hydrogen-bond acceptors (Lipinski definition) is 7. The van der Waals surface area contributed by atoms with Gasteiger partial charge in [-0.2, -0.15) is 0 Å². The van der Waals surface area contributed by atoms with Crippen LogP contribution in [0, 0.1) is 17.8 Å². The third kappa shape index (κ3) is 28.2. The fourth-order valence-electron chi connectivity index (χ4n) is 9.86. The number of nitrogens with one attached hydrogen (secondary N) is 2. The highest BCUT2D eigenvalue weighted by Gasteiger charge is 2.42. The van der Waals surface area contributed by atoms with Crippen LogP contribution in [-0.4, -0.2) is 81.5 Å². The van der Waals surface area contributed by atoms with Gasteiger partial charge >= 0.3 is 12.1 Å². The van der Waals surface area contributed by atoms with Gasteiger partial charge in [-0.3, -0.25) is 0 Å². The number of hydrogen-bond donors (Lipinski definition) is 2. The number of urea groups is 1. The normalized spacial score (nSPS) is 19.2. The Bertz CT molecular complexity index is 1570. The number of rotatable bonds is 42. The van der Waals surface area contributed by atoms with Crippen molar-refractivity contribution in [2.45, 2.75) is 252 Å². The number of ether oxygens (including phenoxy) is 5. The first-order valence-corrected chi connectivity index (χ1v) is 29.1. The van der Waals surface area contributed by atoms with E-state index in [1.807, 2.05) is 36.4 Å². The summed E-state index contributed by atoms with van der Waals surface area (Å²) < 4.78 is 33.0. The Morgan fingerprint density at radius 3 is 1.51 bits per heavy atom. The predicted molar refractivity (Wildman–Crippen MR) is 294 cm³/mol. The number of unbranched alkanes of at least 4 members (excludes halogenated alkanes) is 24. The molecule has 8 atom stereocenters. The van der Waals surface area contributed by atoms with Gasteiger partial charge in [-0.25, -0.2) is 9.59 Å². The Morgan fingerprint density at radius 1 is 0.577 bits per heavy atom. The molecule has 0 aliphatic carbocycles. The summed E-state index contributed by atoms with van der Waals surface area (Å²) in [4.78, 5) is 27.9. The minimum absolute atomic E-state index is 0.0514. The molecule has 0 bridgehead atoms. The van der Waals surface area contributed by atoms with Gasteiger partial charge in [0.1, 0.15) is 12.7 Å². The average molecular weight is 993 g/mol. The summed E-state index contributed by atoms with van der Waals surface area (Å²) in [6.07, 6.45) is 31.9. The molecule has 3 rings (SSSR count). The highest BCUT2D eigenvalue weighted by molar-refractivity contribution is 5.74. The number of carbonyl (C=O) groups excluding carboxylic acids is 2. The van der Waals surface area contributed by atoms with Gasteiger partial charge in [-0.15, -0.1) is 0 Å². The number of benzene rings is 2. The van der Waals surface area contributed by atoms with Gasteiger partial charge in [0.25, 0.3) is 0 Å². The van der Waals surface area contributed by atoms with Gasteiger partial charge in [0.05, 0.1) is 38.1 Å². The minimum atomic E-state index is -0.582. The molecule has 2 unspecified atom stereocenters. The van der Waals surface area contributed by atoms with Gasteiger partial charge in [-0.1, -0.05) is 256 Å². The molecule has 1 fully saturated rings. The largest absolute Gasteiger partial charge is 0.447 e. The second-order valence-electron chi connectivity index (χ2n) is 21.3. The molecule has 0 aromatic heterocycles. The van der Waals surface area contributed by atoms with Crippen LogP contribution in [0.5, 0.6) is 0 Å². The molecule has 71 heavy (non-hydrogen) atoms. The molecule has 10 heteroatoms.